The normalized spacial score (nSPS) is 21.2. The number of furan rings is 1. The summed E-state index contributed by atoms with van der Waals surface area (Å²) < 4.78 is 4.90. The third kappa shape index (κ3) is 0.844. The molecule has 3 heteroatoms. The second-order valence-corrected chi connectivity index (χ2v) is 3.08. The van der Waals surface area contributed by atoms with Crippen LogP contribution in [0, 0.1) is 0 Å². The molecule has 1 aliphatic rings. The zero-order valence-corrected chi connectivity index (χ0v) is 6.21. The highest BCUT2D eigenvalue weighted by atomic mass is 16.3. The molecule has 11 heavy (non-hydrogen) atoms. The Kier molecular flexibility index (Phi) is 1.23. The fourth-order valence-corrected chi connectivity index (χ4v) is 1.49. The van der Waals surface area contributed by atoms with Gasteiger partial charge in [0.25, 0.3) is 0 Å². The van der Waals surface area contributed by atoms with Crippen molar-refractivity contribution in [3.8, 4) is 0 Å². The summed E-state index contributed by atoms with van der Waals surface area (Å²) in [6, 6.07) is 1.74. The van der Waals surface area contributed by atoms with Crippen molar-refractivity contribution in [1.82, 2.24) is 0 Å². The summed E-state index contributed by atoms with van der Waals surface area (Å²) in [5, 5.41) is 9.81. The molecule has 0 aliphatic heterocycles. The topological polar surface area (TPSA) is 59.4 Å². The fourth-order valence-electron chi connectivity index (χ4n) is 1.49. The summed E-state index contributed by atoms with van der Waals surface area (Å²) in [5.74, 6) is 0.354. The Balaban J connectivity index is 2.35. The summed E-state index contributed by atoms with van der Waals surface area (Å²) in [5.41, 5.74) is 5.58. The minimum atomic E-state index is -0.683. The lowest BCUT2D eigenvalue weighted by Crippen LogP contribution is -2.33. The van der Waals surface area contributed by atoms with Gasteiger partial charge in [0.1, 0.15) is 0 Å². The summed E-state index contributed by atoms with van der Waals surface area (Å²) >= 11 is 0. The zero-order chi connectivity index (χ0) is 7.90. The molecule has 1 aliphatic carbocycles. The van der Waals surface area contributed by atoms with Crippen LogP contribution in [0.5, 0.6) is 0 Å². The molecule has 0 spiro atoms. The molecule has 1 aromatic heterocycles. The maximum atomic E-state index is 9.81. The smallest absolute Gasteiger partial charge is 0.196 e. The van der Waals surface area contributed by atoms with Crippen LogP contribution < -0.4 is 5.73 Å². The van der Waals surface area contributed by atoms with Crippen molar-refractivity contribution in [3.05, 3.63) is 17.9 Å². The lowest BCUT2D eigenvalue weighted by molar-refractivity contribution is -0.0383. The molecule has 0 radical (unpaired) electrons. The van der Waals surface area contributed by atoms with Gasteiger partial charge in [0.2, 0.25) is 0 Å². The molecule has 3 N–H and O–H groups in total. The molecule has 2 rings (SSSR count). The molecular weight excluding hydrogens is 142 g/mol. The Hall–Kier alpha value is -0.960. The van der Waals surface area contributed by atoms with Gasteiger partial charge in [-0.2, -0.15) is 0 Å². The standard InChI is InChI=1S/C8H11NO2/c9-7-6(2-5-11-7)8(10)3-1-4-8/h2,5,10H,1,3-4,9H2. The van der Waals surface area contributed by atoms with Gasteiger partial charge in [-0.15, -0.1) is 0 Å². The highest BCUT2D eigenvalue weighted by molar-refractivity contribution is 5.41. The summed E-state index contributed by atoms with van der Waals surface area (Å²) in [7, 11) is 0. The van der Waals surface area contributed by atoms with Gasteiger partial charge in [-0.1, -0.05) is 0 Å². The third-order valence-corrected chi connectivity index (χ3v) is 2.38. The van der Waals surface area contributed by atoms with Gasteiger partial charge in [-0.05, 0) is 25.3 Å². The van der Waals surface area contributed by atoms with Crippen LogP contribution in [0.15, 0.2) is 16.7 Å². The average Bonchev–Trinajstić information content (AvgIpc) is 2.30. The van der Waals surface area contributed by atoms with Gasteiger partial charge < -0.3 is 15.3 Å². The van der Waals surface area contributed by atoms with Gasteiger partial charge in [-0.25, -0.2) is 0 Å². The van der Waals surface area contributed by atoms with Crippen molar-refractivity contribution >= 4 is 5.88 Å². The molecule has 1 aromatic rings. The average molecular weight is 153 g/mol. The van der Waals surface area contributed by atoms with E-state index in [4.69, 9.17) is 10.2 Å². The molecule has 0 amide bonds. The van der Waals surface area contributed by atoms with E-state index in [-0.39, 0.29) is 0 Å². The lowest BCUT2D eigenvalue weighted by Gasteiger charge is -2.35. The van der Waals surface area contributed by atoms with E-state index in [2.05, 4.69) is 0 Å². The molecule has 1 saturated carbocycles. The number of nitrogen functional groups attached to an aromatic ring is 1. The molecule has 60 valence electrons. The Labute approximate surface area is 64.8 Å². The van der Waals surface area contributed by atoms with Gasteiger partial charge >= 0.3 is 0 Å². The minimum Gasteiger partial charge on any atom is -0.449 e. The van der Waals surface area contributed by atoms with E-state index in [0.717, 1.165) is 24.8 Å². The summed E-state index contributed by atoms with van der Waals surface area (Å²) in [6.45, 7) is 0. The van der Waals surface area contributed by atoms with E-state index < -0.39 is 5.60 Å². The van der Waals surface area contributed by atoms with Crippen LogP contribution in [-0.2, 0) is 5.60 Å². The maximum Gasteiger partial charge on any atom is 0.196 e. The zero-order valence-electron chi connectivity index (χ0n) is 6.21. The van der Waals surface area contributed by atoms with Gasteiger partial charge in [-0.3, -0.25) is 0 Å². The Bertz CT molecular complexity index is 263. The lowest BCUT2D eigenvalue weighted by atomic mass is 9.76. The van der Waals surface area contributed by atoms with Crippen molar-refractivity contribution < 1.29 is 9.52 Å². The molecular formula is C8H11NO2. The van der Waals surface area contributed by atoms with Crippen LogP contribution in [0.1, 0.15) is 24.8 Å². The number of aliphatic hydroxyl groups is 1. The molecule has 3 nitrogen and oxygen atoms in total. The number of nitrogens with two attached hydrogens (primary N) is 1. The van der Waals surface area contributed by atoms with Crippen LogP contribution in [0.2, 0.25) is 0 Å². The van der Waals surface area contributed by atoms with Crippen molar-refractivity contribution in [2.24, 2.45) is 0 Å². The van der Waals surface area contributed by atoms with Crippen molar-refractivity contribution in [2.45, 2.75) is 24.9 Å². The first-order chi connectivity index (χ1) is 5.22. The Morgan fingerprint density at radius 1 is 1.55 bits per heavy atom. The molecule has 0 unspecified atom stereocenters. The molecule has 0 aromatic carbocycles. The first kappa shape index (κ1) is 6.73. The van der Waals surface area contributed by atoms with Crippen molar-refractivity contribution in [1.29, 1.82) is 0 Å². The van der Waals surface area contributed by atoms with E-state index in [1.807, 2.05) is 0 Å². The number of hydrogen-bond donors (Lipinski definition) is 2. The van der Waals surface area contributed by atoms with Crippen molar-refractivity contribution in [3.63, 3.8) is 0 Å². The van der Waals surface area contributed by atoms with E-state index >= 15 is 0 Å². The van der Waals surface area contributed by atoms with E-state index in [0.29, 0.717) is 5.88 Å². The van der Waals surface area contributed by atoms with Crippen LogP contribution >= 0.6 is 0 Å². The van der Waals surface area contributed by atoms with Gasteiger partial charge in [0.15, 0.2) is 5.88 Å². The van der Waals surface area contributed by atoms with Gasteiger partial charge in [0, 0.05) is 5.56 Å². The highest BCUT2D eigenvalue weighted by Gasteiger charge is 2.38. The summed E-state index contributed by atoms with van der Waals surface area (Å²) in [4.78, 5) is 0. The van der Waals surface area contributed by atoms with E-state index in [1.54, 1.807) is 6.07 Å². The van der Waals surface area contributed by atoms with Crippen LogP contribution in [0.3, 0.4) is 0 Å². The number of rotatable bonds is 1. The predicted molar refractivity (Wildman–Crippen MR) is 40.9 cm³/mol. The molecule has 1 heterocycles. The van der Waals surface area contributed by atoms with Crippen LogP contribution in [-0.4, -0.2) is 5.11 Å². The largest absolute Gasteiger partial charge is 0.449 e. The van der Waals surface area contributed by atoms with E-state index in [9.17, 15) is 5.11 Å². The monoisotopic (exact) mass is 153 g/mol. The van der Waals surface area contributed by atoms with Crippen LogP contribution in [0.4, 0.5) is 5.88 Å². The minimum absolute atomic E-state index is 0.354. The first-order valence-electron chi connectivity index (χ1n) is 3.78. The maximum absolute atomic E-state index is 9.81. The second-order valence-electron chi connectivity index (χ2n) is 3.08. The third-order valence-electron chi connectivity index (χ3n) is 2.38. The molecule has 0 saturated heterocycles. The van der Waals surface area contributed by atoms with E-state index in [1.165, 1.54) is 6.26 Å². The van der Waals surface area contributed by atoms with Gasteiger partial charge in [0.05, 0.1) is 11.9 Å². The SMILES string of the molecule is Nc1occc1C1(O)CCC1. The molecule has 0 atom stereocenters. The molecule has 1 fully saturated rings. The number of anilines is 1. The quantitative estimate of drug-likeness (QED) is 0.638. The Morgan fingerprint density at radius 3 is 2.64 bits per heavy atom. The Morgan fingerprint density at radius 2 is 2.27 bits per heavy atom. The van der Waals surface area contributed by atoms with Crippen molar-refractivity contribution in [2.75, 3.05) is 5.73 Å². The first-order valence-corrected chi connectivity index (χ1v) is 3.78. The molecule has 0 bridgehead atoms. The fraction of sp³-hybridized carbons (Fsp3) is 0.500. The highest BCUT2D eigenvalue weighted by Crippen LogP contribution is 2.43. The second kappa shape index (κ2) is 2.01. The van der Waals surface area contributed by atoms with Crippen LogP contribution in [0.25, 0.3) is 0 Å². The summed E-state index contributed by atoms with van der Waals surface area (Å²) in [6.07, 6.45) is 4.19. The predicted octanol–water partition coefficient (Wildman–Crippen LogP) is 1.23. The number of hydrogen-bond acceptors (Lipinski definition) is 3.